The predicted molar refractivity (Wildman–Crippen MR) is 65.6 cm³/mol. The first-order valence-electron chi connectivity index (χ1n) is 5.95. The van der Waals surface area contributed by atoms with Crippen LogP contribution in [0.15, 0.2) is 12.1 Å². The summed E-state index contributed by atoms with van der Waals surface area (Å²) in [4.78, 5) is 21.9. The van der Waals surface area contributed by atoms with Crippen LogP contribution in [0.2, 0.25) is 0 Å². The second-order valence-corrected chi connectivity index (χ2v) is 4.68. The van der Waals surface area contributed by atoms with E-state index < -0.39 is 45.9 Å². The van der Waals surface area contributed by atoms with Crippen LogP contribution >= 0.6 is 0 Å². The zero-order valence-electron chi connectivity index (χ0n) is 10.5. The lowest BCUT2D eigenvalue weighted by Crippen LogP contribution is -2.34. The van der Waals surface area contributed by atoms with Gasteiger partial charge in [0.05, 0.1) is 23.0 Å². The van der Waals surface area contributed by atoms with E-state index >= 15 is 0 Å². The monoisotopic (exact) mass is 286 g/mol. The van der Waals surface area contributed by atoms with E-state index in [1.807, 2.05) is 0 Å². The van der Waals surface area contributed by atoms with E-state index in [1.165, 1.54) is 4.90 Å². The lowest BCUT2D eigenvalue weighted by molar-refractivity contribution is -0.385. The van der Waals surface area contributed by atoms with E-state index in [2.05, 4.69) is 0 Å². The zero-order chi connectivity index (χ0) is 15.0. The average molecular weight is 286 g/mol. The minimum absolute atomic E-state index is 0.184. The van der Waals surface area contributed by atoms with Gasteiger partial charge in [0.25, 0.3) is 5.69 Å². The van der Waals surface area contributed by atoms with E-state index in [0.717, 1.165) is 0 Å². The Kier molecular flexibility index (Phi) is 3.56. The maximum Gasteiger partial charge on any atom is 0.308 e. The van der Waals surface area contributed by atoms with Crippen LogP contribution in [0.3, 0.4) is 0 Å². The SMILES string of the molecule is CC1C(C(=O)O)CCN1c1c(F)cc([N+](=O)[O-])cc1F. The van der Waals surface area contributed by atoms with Gasteiger partial charge in [-0.05, 0) is 13.3 Å². The number of halogens is 2. The highest BCUT2D eigenvalue weighted by Gasteiger charge is 2.38. The lowest BCUT2D eigenvalue weighted by atomic mass is 10.0. The van der Waals surface area contributed by atoms with Gasteiger partial charge in [0.2, 0.25) is 0 Å². The normalized spacial score (nSPS) is 22.1. The maximum atomic E-state index is 13.9. The van der Waals surface area contributed by atoms with Crippen LogP contribution in [0.5, 0.6) is 0 Å². The van der Waals surface area contributed by atoms with Gasteiger partial charge in [-0.15, -0.1) is 0 Å². The summed E-state index contributed by atoms with van der Waals surface area (Å²) in [5.74, 6) is -3.86. The number of benzene rings is 1. The molecule has 2 rings (SSSR count). The zero-order valence-corrected chi connectivity index (χ0v) is 10.5. The molecular formula is C12H12F2N2O4. The summed E-state index contributed by atoms with van der Waals surface area (Å²) in [6.07, 6.45) is 0.270. The summed E-state index contributed by atoms with van der Waals surface area (Å²) in [6.45, 7) is 1.75. The summed E-state index contributed by atoms with van der Waals surface area (Å²) in [6, 6.07) is 0.691. The first-order valence-corrected chi connectivity index (χ1v) is 5.95. The van der Waals surface area contributed by atoms with Crippen LogP contribution in [-0.4, -0.2) is 28.6 Å². The van der Waals surface area contributed by atoms with Crippen LogP contribution < -0.4 is 4.90 Å². The fourth-order valence-electron chi connectivity index (χ4n) is 2.52. The second-order valence-electron chi connectivity index (χ2n) is 4.68. The van der Waals surface area contributed by atoms with Gasteiger partial charge in [-0.25, -0.2) is 8.78 Å². The van der Waals surface area contributed by atoms with Crippen molar-refractivity contribution in [1.82, 2.24) is 0 Å². The van der Waals surface area contributed by atoms with Crippen LogP contribution in [0.4, 0.5) is 20.2 Å². The van der Waals surface area contributed by atoms with Gasteiger partial charge in [-0.1, -0.05) is 0 Å². The number of nitro groups is 1. The number of non-ortho nitro benzene ring substituents is 1. The van der Waals surface area contributed by atoms with Gasteiger partial charge in [0, 0.05) is 12.6 Å². The molecule has 1 aliphatic rings. The quantitative estimate of drug-likeness (QED) is 0.680. The number of hydrogen-bond donors (Lipinski definition) is 1. The number of anilines is 1. The topological polar surface area (TPSA) is 83.7 Å². The molecule has 1 saturated heterocycles. The molecule has 1 N–H and O–H groups in total. The van der Waals surface area contributed by atoms with Crippen LogP contribution in [0, 0.1) is 27.7 Å². The Morgan fingerprint density at radius 3 is 2.40 bits per heavy atom. The van der Waals surface area contributed by atoms with Crippen LogP contribution in [0.25, 0.3) is 0 Å². The molecule has 0 amide bonds. The van der Waals surface area contributed by atoms with E-state index in [0.29, 0.717) is 12.1 Å². The Bertz CT molecular complexity index is 556. The minimum atomic E-state index is -1.06. The number of hydrogen-bond acceptors (Lipinski definition) is 4. The lowest BCUT2D eigenvalue weighted by Gasteiger charge is -2.26. The smallest absolute Gasteiger partial charge is 0.308 e. The van der Waals surface area contributed by atoms with Crippen molar-refractivity contribution in [3.63, 3.8) is 0 Å². The van der Waals surface area contributed by atoms with Gasteiger partial charge in [-0.2, -0.15) is 0 Å². The summed E-state index contributed by atoms with van der Waals surface area (Å²) in [5.41, 5.74) is -1.09. The molecule has 1 heterocycles. The molecule has 1 fully saturated rings. The largest absolute Gasteiger partial charge is 0.481 e. The summed E-state index contributed by atoms with van der Waals surface area (Å²) in [7, 11) is 0. The van der Waals surface area contributed by atoms with Crippen LogP contribution in [-0.2, 0) is 4.79 Å². The van der Waals surface area contributed by atoms with Crippen LogP contribution in [0.1, 0.15) is 13.3 Å². The van der Waals surface area contributed by atoms with Crippen molar-refractivity contribution in [2.75, 3.05) is 11.4 Å². The second kappa shape index (κ2) is 5.03. The maximum absolute atomic E-state index is 13.9. The highest BCUT2D eigenvalue weighted by Crippen LogP contribution is 2.35. The Morgan fingerprint density at radius 1 is 1.45 bits per heavy atom. The Balaban J connectivity index is 2.39. The number of carbonyl (C=O) groups is 1. The third-order valence-electron chi connectivity index (χ3n) is 3.57. The Labute approximate surface area is 112 Å². The molecule has 108 valence electrons. The number of nitrogens with zero attached hydrogens (tertiary/aromatic N) is 2. The standard InChI is InChI=1S/C12H12F2N2O4/c1-6-8(12(17)18)2-3-15(6)11-9(13)4-7(16(19)20)5-10(11)14/h4-6,8H,2-3H2,1H3,(H,17,18). The van der Waals surface area contributed by atoms with E-state index in [4.69, 9.17) is 5.11 Å². The predicted octanol–water partition coefficient (Wildman–Crippen LogP) is 2.17. The van der Waals surface area contributed by atoms with Gasteiger partial charge >= 0.3 is 5.97 Å². The number of carboxylic acids is 1. The number of aliphatic carboxylic acids is 1. The van der Waals surface area contributed by atoms with Gasteiger partial charge in [-0.3, -0.25) is 14.9 Å². The Hall–Kier alpha value is -2.25. The molecule has 1 aromatic carbocycles. The molecule has 2 atom stereocenters. The third kappa shape index (κ3) is 2.28. The fraction of sp³-hybridized carbons (Fsp3) is 0.417. The van der Waals surface area contributed by atoms with Crippen molar-refractivity contribution in [3.8, 4) is 0 Å². The van der Waals surface area contributed by atoms with Crippen molar-refractivity contribution in [3.05, 3.63) is 33.9 Å². The van der Waals surface area contributed by atoms with E-state index in [-0.39, 0.29) is 13.0 Å². The summed E-state index contributed by atoms with van der Waals surface area (Å²) >= 11 is 0. The minimum Gasteiger partial charge on any atom is -0.481 e. The highest BCUT2D eigenvalue weighted by molar-refractivity contribution is 5.73. The first-order chi connectivity index (χ1) is 9.32. The molecule has 6 nitrogen and oxygen atoms in total. The molecule has 0 spiro atoms. The molecule has 0 saturated carbocycles. The molecule has 0 radical (unpaired) electrons. The molecule has 1 aliphatic heterocycles. The molecule has 0 aliphatic carbocycles. The number of rotatable bonds is 3. The van der Waals surface area contributed by atoms with Crippen molar-refractivity contribution >= 4 is 17.3 Å². The van der Waals surface area contributed by atoms with Gasteiger partial charge in [0.1, 0.15) is 5.69 Å². The van der Waals surface area contributed by atoms with Crippen molar-refractivity contribution in [2.45, 2.75) is 19.4 Å². The van der Waals surface area contributed by atoms with Crippen molar-refractivity contribution < 1.29 is 23.6 Å². The molecule has 1 aromatic rings. The summed E-state index contributed by atoms with van der Waals surface area (Å²) < 4.78 is 27.8. The first kappa shape index (κ1) is 14.2. The molecule has 8 heteroatoms. The highest BCUT2D eigenvalue weighted by atomic mass is 19.1. The number of carboxylic acid groups (broad SMARTS) is 1. The van der Waals surface area contributed by atoms with Crippen molar-refractivity contribution in [2.24, 2.45) is 5.92 Å². The van der Waals surface area contributed by atoms with Gasteiger partial charge < -0.3 is 10.0 Å². The van der Waals surface area contributed by atoms with Crippen molar-refractivity contribution in [1.29, 1.82) is 0 Å². The van der Waals surface area contributed by atoms with Gasteiger partial charge in [0.15, 0.2) is 11.6 Å². The third-order valence-corrected chi connectivity index (χ3v) is 3.57. The molecular weight excluding hydrogens is 274 g/mol. The Morgan fingerprint density at radius 2 is 2.00 bits per heavy atom. The van der Waals surface area contributed by atoms with E-state index in [9.17, 15) is 23.7 Å². The molecule has 20 heavy (non-hydrogen) atoms. The average Bonchev–Trinajstić information content (AvgIpc) is 2.70. The molecule has 0 aromatic heterocycles. The number of nitro benzene ring substituents is 1. The summed E-state index contributed by atoms with van der Waals surface area (Å²) in [5, 5.41) is 19.5. The molecule has 0 bridgehead atoms. The molecule has 2 unspecified atom stereocenters. The fourth-order valence-corrected chi connectivity index (χ4v) is 2.52. The van der Waals surface area contributed by atoms with E-state index in [1.54, 1.807) is 6.92 Å².